The minimum absolute atomic E-state index is 0.0988. The molecule has 2 rings (SSSR count). The maximum absolute atomic E-state index is 11.9. The zero-order valence-corrected chi connectivity index (χ0v) is 10.9. The van der Waals surface area contributed by atoms with Gasteiger partial charge in [0.15, 0.2) is 0 Å². The van der Waals surface area contributed by atoms with Crippen molar-refractivity contribution in [1.82, 2.24) is 10.2 Å². The lowest BCUT2D eigenvalue weighted by atomic mass is 10.1. The van der Waals surface area contributed by atoms with Gasteiger partial charge in [-0.15, -0.1) is 0 Å². The maximum Gasteiger partial charge on any atom is 0.317 e. The molecule has 2 N–H and O–H groups in total. The van der Waals surface area contributed by atoms with E-state index in [1.165, 1.54) is 19.3 Å². The van der Waals surface area contributed by atoms with E-state index in [9.17, 15) is 9.59 Å². The molecule has 0 bridgehead atoms. The lowest BCUT2D eigenvalue weighted by molar-refractivity contribution is -0.141. The monoisotopic (exact) mass is 254 g/mol. The van der Waals surface area contributed by atoms with E-state index in [-0.39, 0.29) is 11.9 Å². The molecule has 1 saturated carbocycles. The van der Waals surface area contributed by atoms with Crippen molar-refractivity contribution in [2.45, 2.75) is 32.6 Å². The van der Waals surface area contributed by atoms with Crippen molar-refractivity contribution in [3.05, 3.63) is 0 Å². The summed E-state index contributed by atoms with van der Waals surface area (Å²) in [6.07, 6.45) is 4.21. The number of carbonyl (C=O) groups is 2. The second-order valence-electron chi connectivity index (χ2n) is 5.74. The molecule has 3 atom stereocenters. The topological polar surface area (TPSA) is 69.6 Å². The number of likely N-dealkylation sites (tertiary alicyclic amines) is 1. The number of amides is 2. The highest BCUT2D eigenvalue weighted by atomic mass is 16.4. The molecular formula is C13H22N2O3. The molecule has 2 fully saturated rings. The Bertz CT molecular complexity index is 332. The molecule has 0 spiro atoms. The lowest BCUT2D eigenvalue weighted by Gasteiger charge is -2.18. The quantitative estimate of drug-likeness (QED) is 0.802. The molecule has 18 heavy (non-hydrogen) atoms. The first-order valence-electron chi connectivity index (χ1n) is 6.82. The van der Waals surface area contributed by atoms with Gasteiger partial charge in [0.2, 0.25) is 0 Å². The Morgan fingerprint density at radius 2 is 2.11 bits per heavy atom. The van der Waals surface area contributed by atoms with E-state index >= 15 is 0 Å². The van der Waals surface area contributed by atoms with Crippen LogP contribution in [0.3, 0.4) is 0 Å². The molecule has 5 nitrogen and oxygen atoms in total. The van der Waals surface area contributed by atoms with Gasteiger partial charge in [0, 0.05) is 19.6 Å². The number of aliphatic carboxylic acids is 1. The summed E-state index contributed by atoms with van der Waals surface area (Å²) in [6.45, 7) is 3.89. The van der Waals surface area contributed by atoms with Crippen LogP contribution in [-0.4, -0.2) is 41.6 Å². The summed E-state index contributed by atoms with van der Waals surface area (Å²) in [5, 5.41) is 11.8. The molecule has 1 heterocycles. The predicted octanol–water partition coefficient (Wildman–Crippen LogP) is 1.54. The average Bonchev–Trinajstić information content (AvgIpc) is 2.94. The minimum atomic E-state index is -0.796. The Morgan fingerprint density at radius 3 is 2.67 bits per heavy atom. The minimum Gasteiger partial charge on any atom is -0.481 e. The van der Waals surface area contributed by atoms with Crippen molar-refractivity contribution in [1.29, 1.82) is 0 Å². The Balaban J connectivity index is 1.71. The van der Waals surface area contributed by atoms with Gasteiger partial charge in [0.1, 0.15) is 0 Å². The van der Waals surface area contributed by atoms with Crippen LogP contribution >= 0.6 is 0 Å². The van der Waals surface area contributed by atoms with Crippen LogP contribution in [0.25, 0.3) is 0 Å². The van der Waals surface area contributed by atoms with Gasteiger partial charge in [-0.05, 0) is 31.1 Å². The highest BCUT2D eigenvalue weighted by Gasteiger charge is 2.31. The fraction of sp³-hybridized carbons (Fsp3) is 0.846. The van der Waals surface area contributed by atoms with Crippen molar-refractivity contribution in [2.24, 2.45) is 17.8 Å². The SMILES string of the molecule is CC1CCC(CNC(=O)N2CCC(C(=O)O)C2)C1. The molecule has 1 saturated heterocycles. The van der Waals surface area contributed by atoms with Crippen LogP contribution in [0.15, 0.2) is 0 Å². The standard InChI is InChI=1S/C13H22N2O3/c1-9-2-3-10(6-9)7-14-13(18)15-5-4-11(8-15)12(16)17/h9-11H,2-8H2,1H3,(H,14,18)(H,16,17). The maximum atomic E-state index is 11.9. The molecule has 3 unspecified atom stereocenters. The summed E-state index contributed by atoms with van der Waals surface area (Å²) in [5.41, 5.74) is 0. The number of carbonyl (C=O) groups excluding carboxylic acids is 1. The second kappa shape index (κ2) is 5.59. The molecule has 2 aliphatic rings. The third-order valence-corrected chi connectivity index (χ3v) is 4.17. The summed E-state index contributed by atoms with van der Waals surface area (Å²) in [7, 11) is 0. The zero-order valence-electron chi connectivity index (χ0n) is 10.9. The van der Waals surface area contributed by atoms with Gasteiger partial charge in [0.25, 0.3) is 0 Å². The Labute approximate surface area is 108 Å². The van der Waals surface area contributed by atoms with Gasteiger partial charge in [-0.1, -0.05) is 13.3 Å². The highest BCUT2D eigenvalue weighted by Crippen LogP contribution is 2.29. The molecule has 1 aliphatic carbocycles. The van der Waals surface area contributed by atoms with E-state index in [2.05, 4.69) is 12.2 Å². The van der Waals surface area contributed by atoms with Crippen LogP contribution in [0.4, 0.5) is 4.79 Å². The molecule has 5 heteroatoms. The van der Waals surface area contributed by atoms with Crippen LogP contribution in [-0.2, 0) is 4.79 Å². The van der Waals surface area contributed by atoms with Crippen LogP contribution in [0.2, 0.25) is 0 Å². The largest absolute Gasteiger partial charge is 0.481 e. The van der Waals surface area contributed by atoms with Crippen LogP contribution in [0.1, 0.15) is 32.6 Å². The van der Waals surface area contributed by atoms with E-state index in [0.29, 0.717) is 25.4 Å². The van der Waals surface area contributed by atoms with Crippen molar-refractivity contribution < 1.29 is 14.7 Å². The summed E-state index contributed by atoms with van der Waals surface area (Å²) in [4.78, 5) is 24.3. The fourth-order valence-corrected chi connectivity index (χ4v) is 3.00. The zero-order chi connectivity index (χ0) is 13.1. The van der Waals surface area contributed by atoms with Gasteiger partial charge in [-0.2, -0.15) is 0 Å². The normalized spacial score (nSPS) is 31.6. The van der Waals surface area contributed by atoms with Crippen molar-refractivity contribution in [3.8, 4) is 0 Å². The Hall–Kier alpha value is -1.26. The summed E-state index contributed by atoms with van der Waals surface area (Å²) >= 11 is 0. The molecule has 1 aliphatic heterocycles. The second-order valence-corrected chi connectivity index (χ2v) is 5.74. The number of hydrogen-bond donors (Lipinski definition) is 2. The van der Waals surface area contributed by atoms with Gasteiger partial charge >= 0.3 is 12.0 Å². The number of nitrogens with one attached hydrogen (secondary N) is 1. The molecular weight excluding hydrogens is 232 g/mol. The van der Waals surface area contributed by atoms with Gasteiger partial charge in [0.05, 0.1) is 5.92 Å². The Morgan fingerprint density at radius 1 is 1.33 bits per heavy atom. The van der Waals surface area contributed by atoms with Crippen LogP contribution < -0.4 is 5.32 Å². The van der Waals surface area contributed by atoms with Gasteiger partial charge < -0.3 is 15.3 Å². The number of hydrogen-bond acceptors (Lipinski definition) is 2. The highest BCUT2D eigenvalue weighted by molar-refractivity contribution is 5.77. The van der Waals surface area contributed by atoms with Gasteiger partial charge in [-0.3, -0.25) is 4.79 Å². The van der Waals surface area contributed by atoms with E-state index in [4.69, 9.17) is 5.11 Å². The van der Waals surface area contributed by atoms with Crippen molar-refractivity contribution in [3.63, 3.8) is 0 Å². The first-order valence-corrected chi connectivity index (χ1v) is 6.82. The predicted molar refractivity (Wildman–Crippen MR) is 67.2 cm³/mol. The van der Waals surface area contributed by atoms with Crippen LogP contribution in [0.5, 0.6) is 0 Å². The molecule has 0 aromatic heterocycles. The third kappa shape index (κ3) is 3.15. The molecule has 0 aromatic rings. The number of carboxylic acids is 1. The number of nitrogens with zero attached hydrogens (tertiary/aromatic N) is 1. The van der Waals surface area contributed by atoms with Crippen molar-refractivity contribution in [2.75, 3.05) is 19.6 Å². The summed E-state index contributed by atoms with van der Waals surface area (Å²) in [5.74, 6) is 0.189. The fourth-order valence-electron chi connectivity index (χ4n) is 3.00. The van der Waals surface area contributed by atoms with Gasteiger partial charge in [-0.25, -0.2) is 4.79 Å². The molecule has 0 radical (unpaired) electrons. The molecule has 2 amide bonds. The van der Waals surface area contributed by atoms with E-state index < -0.39 is 5.97 Å². The lowest BCUT2D eigenvalue weighted by Crippen LogP contribution is -2.40. The first-order chi connectivity index (χ1) is 8.56. The summed E-state index contributed by atoms with van der Waals surface area (Å²) < 4.78 is 0. The summed E-state index contributed by atoms with van der Waals surface area (Å²) in [6, 6.07) is -0.0988. The number of rotatable bonds is 3. The smallest absolute Gasteiger partial charge is 0.317 e. The van der Waals surface area contributed by atoms with E-state index in [0.717, 1.165) is 12.5 Å². The van der Waals surface area contributed by atoms with E-state index in [1.54, 1.807) is 4.90 Å². The van der Waals surface area contributed by atoms with E-state index in [1.807, 2.05) is 0 Å². The molecule has 102 valence electrons. The van der Waals surface area contributed by atoms with Crippen LogP contribution in [0, 0.1) is 17.8 Å². The van der Waals surface area contributed by atoms with Crippen molar-refractivity contribution >= 4 is 12.0 Å². The first kappa shape index (κ1) is 13.2. The molecule has 0 aromatic carbocycles. The third-order valence-electron chi connectivity index (χ3n) is 4.17. The Kier molecular flexibility index (Phi) is 4.09. The number of urea groups is 1. The number of carboxylic acid groups (broad SMARTS) is 1. The average molecular weight is 254 g/mol.